The molecule has 0 spiro atoms. The molecule has 1 aliphatic heterocycles. The number of hydrogen-bond acceptors (Lipinski definition) is 3. The standard InChI is InChI=1S/C36H33Br2N3O/c1-21-33(34(26-5-3-2-4-6-26)29-16-28(38)11-12-30(29)39-21)31-17-32(25-7-9-27(37)10-8-25)41(40-31)35(42)36-18-22-13-23(19-36)15-24(14-22)20-36/h2-12,16,22-24,32H,13-15,17-20H2,1H3/t22?,23?,24?,32-,36?/m1/s1. The Kier molecular flexibility index (Phi) is 6.45. The largest absolute Gasteiger partial charge is 0.272 e. The van der Waals surface area contributed by atoms with E-state index in [0.717, 1.165) is 72.8 Å². The average molecular weight is 683 g/mol. The van der Waals surface area contributed by atoms with Crippen LogP contribution in [-0.2, 0) is 4.79 Å². The molecule has 6 heteroatoms. The fraction of sp³-hybridized carbons (Fsp3) is 0.361. The van der Waals surface area contributed by atoms with Gasteiger partial charge in [-0.3, -0.25) is 9.78 Å². The van der Waals surface area contributed by atoms with E-state index >= 15 is 0 Å². The number of fused-ring (bicyclic) bond motifs is 1. The lowest BCUT2D eigenvalue weighted by Gasteiger charge is -2.56. The van der Waals surface area contributed by atoms with E-state index in [1.165, 1.54) is 19.3 Å². The number of rotatable bonds is 4. The number of carbonyl (C=O) groups excluding carboxylic acids is 1. The van der Waals surface area contributed by atoms with Crippen LogP contribution in [0.4, 0.5) is 0 Å². The second-order valence-electron chi connectivity index (χ2n) is 13.1. The molecule has 4 saturated carbocycles. The van der Waals surface area contributed by atoms with Gasteiger partial charge in [0.2, 0.25) is 5.91 Å². The maximum absolute atomic E-state index is 14.8. The third kappa shape index (κ3) is 4.40. The van der Waals surface area contributed by atoms with Crippen molar-refractivity contribution in [2.24, 2.45) is 28.3 Å². The molecule has 212 valence electrons. The van der Waals surface area contributed by atoms with Crippen LogP contribution in [0, 0.1) is 30.1 Å². The second kappa shape index (κ2) is 10.1. The molecule has 4 aromatic rings. The number of aromatic nitrogens is 1. The number of benzene rings is 3. The van der Waals surface area contributed by atoms with Crippen molar-refractivity contribution in [3.63, 3.8) is 0 Å². The molecule has 5 aliphatic rings. The van der Waals surface area contributed by atoms with Crippen LogP contribution >= 0.6 is 31.9 Å². The van der Waals surface area contributed by atoms with Crippen molar-refractivity contribution in [1.29, 1.82) is 0 Å². The van der Waals surface area contributed by atoms with E-state index in [1.54, 1.807) is 0 Å². The first-order valence-corrected chi connectivity index (χ1v) is 16.8. The third-order valence-corrected chi connectivity index (χ3v) is 11.4. The molecule has 4 bridgehead atoms. The van der Waals surface area contributed by atoms with Crippen molar-refractivity contribution in [2.45, 2.75) is 57.9 Å². The summed E-state index contributed by atoms with van der Waals surface area (Å²) >= 11 is 7.31. The predicted molar refractivity (Wildman–Crippen MR) is 175 cm³/mol. The van der Waals surface area contributed by atoms with Gasteiger partial charge in [-0.2, -0.15) is 5.10 Å². The Balaban J connectivity index is 1.30. The minimum absolute atomic E-state index is 0.130. The summed E-state index contributed by atoms with van der Waals surface area (Å²) in [5, 5.41) is 8.30. The van der Waals surface area contributed by atoms with E-state index in [9.17, 15) is 4.79 Å². The highest BCUT2D eigenvalue weighted by molar-refractivity contribution is 9.10. The predicted octanol–water partition coefficient (Wildman–Crippen LogP) is 9.63. The number of aryl methyl sites for hydroxylation is 1. The van der Waals surface area contributed by atoms with E-state index in [-0.39, 0.29) is 17.4 Å². The summed E-state index contributed by atoms with van der Waals surface area (Å²) in [4.78, 5) is 19.9. The van der Waals surface area contributed by atoms with Gasteiger partial charge in [0.25, 0.3) is 0 Å². The van der Waals surface area contributed by atoms with E-state index in [0.29, 0.717) is 24.2 Å². The van der Waals surface area contributed by atoms with Crippen LogP contribution in [0.5, 0.6) is 0 Å². The molecule has 3 aromatic carbocycles. The highest BCUT2D eigenvalue weighted by Gasteiger charge is 2.57. The first-order chi connectivity index (χ1) is 20.4. The van der Waals surface area contributed by atoms with Crippen LogP contribution < -0.4 is 0 Å². The summed E-state index contributed by atoms with van der Waals surface area (Å²) in [6.07, 6.45) is 7.71. The van der Waals surface area contributed by atoms with Gasteiger partial charge in [0, 0.05) is 37.6 Å². The van der Waals surface area contributed by atoms with Gasteiger partial charge in [-0.05, 0) is 105 Å². The molecular formula is C36H33Br2N3O. The van der Waals surface area contributed by atoms with Crippen molar-refractivity contribution in [1.82, 2.24) is 9.99 Å². The lowest BCUT2D eigenvalue weighted by molar-refractivity contribution is -0.159. The number of hydrogen-bond donors (Lipinski definition) is 0. The first-order valence-electron chi connectivity index (χ1n) is 15.2. The van der Waals surface area contributed by atoms with Crippen molar-refractivity contribution in [2.75, 3.05) is 0 Å². The quantitative estimate of drug-likeness (QED) is 0.215. The van der Waals surface area contributed by atoms with Crippen molar-refractivity contribution in [3.8, 4) is 11.1 Å². The van der Waals surface area contributed by atoms with Gasteiger partial charge in [-0.15, -0.1) is 0 Å². The Morgan fingerprint density at radius 2 is 1.48 bits per heavy atom. The summed E-state index contributed by atoms with van der Waals surface area (Å²) < 4.78 is 2.05. The minimum Gasteiger partial charge on any atom is -0.272 e. The van der Waals surface area contributed by atoms with Gasteiger partial charge >= 0.3 is 0 Å². The van der Waals surface area contributed by atoms with Gasteiger partial charge in [-0.1, -0.05) is 74.3 Å². The van der Waals surface area contributed by atoms with Crippen LogP contribution in [0.2, 0.25) is 0 Å². The molecule has 9 rings (SSSR count). The Labute approximate surface area is 263 Å². The van der Waals surface area contributed by atoms with E-state index in [2.05, 4.69) is 106 Å². The highest BCUT2D eigenvalue weighted by Crippen LogP contribution is 2.61. The van der Waals surface area contributed by atoms with Crippen LogP contribution in [-0.4, -0.2) is 21.6 Å². The third-order valence-electron chi connectivity index (χ3n) is 10.3. The first kappa shape index (κ1) is 26.8. The Morgan fingerprint density at radius 3 is 2.14 bits per heavy atom. The zero-order valence-corrected chi connectivity index (χ0v) is 26.9. The molecule has 4 aliphatic carbocycles. The van der Waals surface area contributed by atoms with Crippen LogP contribution in [0.1, 0.15) is 67.8 Å². The molecule has 4 nitrogen and oxygen atoms in total. The summed E-state index contributed by atoms with van der Waals surface area (Å²) in [5.74, 6) is 2.35. The molecule has 0 N–H and O–H groups in total. The lowest BCUT2D eigenvalue weighted by atomic mass is 9.49. The molecular weight excluding hydrogens is 650 g/mol. The average Bonchev–Trinajstić information content (AvgIpc) is 3.41. The number of amides is 1. The van der Waals surface area contributed by atoms with Crippen molar-refractivity contribution >= 4 is 54.4 Å². The minimum atomic E-state index is -0.259. The maximum Gasteiger partial charge on any atom is 0.249 e. The number of pyridine rings is 1. The Bertz CT molecular complexity index is 1710. The van der Waals surface area contributed by atoms with E-state index in [4.69, 9.17) is 10.1 Å². The zero-order chi connectivity index (χ0) is 28.6. The highest BCUT2D eigenvalue weighted by atomic mass is 79.9. The molecule has 1 amide bonds. The van der Waals surface area contributed by atoms with Gasteiger partial charge in [0.15, 0.2) is 0 Å². The van der Waals surface area contributed by atoms with Crippen LogP contribution in [0.25, 0.3) is 22.0 Å². The summed E-state index contributed by atoms with van der Waals surface area (Å²) in [6, 6.07) is 25.2. The summed E-state index contributed by atoms with van der Waals surface area (Å²) in [7, 11) is 0. The Morgan fingerprint density at radius 1 is 0.833 bits per heavy atom. The number of carbonyl (C=O) groups is 1. The number of hydrazone groups is 1. The molecule has 1 aromatic heterocycles. The molecule has 0 saturated heterocycles. The Hall–Kier alpha value is -2.83. The smallest absolute Gasteiger partial charge is 0.249 e. The van der Waals surface area contributed by atoms with Crippen LogP contribution in [0.15, 0.2) is 86.8 Å². The van der Waals surface area contributed by atoms with Gasteiger partial charge in [0.1, 0.15) is 0 Å². The fourth-order valence-electron chi connectivity index (χ4n) is 9.02. The maximum atomic E-state index is 14.8. The van der Waals surface area contributed by atoms with Gasteiger partial charge in [0.05, 0.1) is 22.7 Å². The molecule has 4 fully saturated rings. The van der Waals surface area contributed by atoms with Crippen molar-refractivity contribution in [3.05, 3.63) is 98.6 Å². The molecule has 0 radical (unpaired) electrons. The topological polar surface area (TPSA) is 45.6 Å². The monoisotopic (exact) mass is 681 g/mol. The SMILES string of the molecule is Cc1nc2ccc(Br)cc2c(-c2ccccc2)c1C1=NN(C(=O)C23CC4CC(CC(C4)C2)C3)[C@@H](c2ccc(Br)cc2)C1. The normalized spacial score (nSPS) is 28.0. The molecule has 0 unspecified atom stereocenters. The van der Waals surface area contributed by atoms with Gasteiger partial charge < -0.3 is 0 Å². The lowest BCUT2D eigenvalue weighted by Crippen LogP contribution is -2.53. The molecule has 2 heterocycles. The van der Waals surface area contributed by atoms with Crippen LogP contribution in [0.3, 0.4) is 0 Å². The van der Waals surface area contributed by atoms with Crippen molar-refractivity contribution < 1.29 is 4.79 Å². The number of halogens is 2. The summed E-state index contributed by atoms with van der Waals surface area (Å²) in [6.45, 7) is 2.09. The summed E-state index contributed by atoms with van der Waals surface area (Å²) in [5.41, 5.74) is 7.05. The second-order valence-corrected chi connectivity index (χ2v) is 15.0. The van der Waals surface area contributed by atoms with E-state index < -0.39 is 0 Å². The molecule has 42 heavy (non-hydrogen) atoms. The van der Waals surface area contributed by atoms with E-state index in [1.807, 2.05) is 11.1 Å². The van der Waals surface area contributed by atoms with Gasteiger partial charge in [-0.25, -0.2) is 5.01 Å². The fourth-order valence-corrected chi connectivity index (χ4v) is 9.65. The molecule has 1 atom stereocenters. The zero-order valence-electron chi connectivity index (χ0n) is 23.7. The number of nitrogens with zero attached hydrogens (tertiary/aromatic N) is 3.